The smallest absolute Gasteiger partial charge is 0.313 e. The predicted molar refractivity (Wildman–Crippen MR) is 75.3 cm³/mol. The molecule has 1 aliphatic carbocycles. The van der Waals surface area contributed by atoms with E-state index in [1.807, 2.05) is 0 Å². The number of ether oxygens (including phenoxy) is 1. The molecule has 0 atom stereocenters. The van der Waals surface area contributed by atoms with E-state index in [1.165, 1.54) is 18.2 Å². The van der Waals surface area contributed by atoms with Crippen molar-refractivity contribution in [3.63, 3.8) is 0 Å². The lowest BCUT2D eigenvalue weighted by atomic mass is 10.0. The molecule has 0 N–H and O–H groups in total. The first-order chi connectivity index (χ1) is 10.8. The number of hydrogen-bond donors (Lipinski definition) is 0. The van der Waals surface area contributed by atoms with E-state index in [0.717, 1.165) is 12.1 Å². The number of nitrogens with zero attached hydrogens (tertiary/aromatic N) is 1. The number of carbonyl (C=O) groups is 1. The number of halogens is 3. The van der Waals surface area contributed by atoms with Crippen LogP contribution in [-0.2, 0) is 6.42 Å². The Bertz CT molecular complexity index is 869. The monoisotopic (exact) mass is 317 g/mol. The summed E-state index contributed by atoms with van der Waals surface area (Å²) in [5, 5.41) is 8.83. The normalized spacial score (nSPS) is 15.2. The van der Waals surface area contributed by atoms with Crippen molar-refractivity contribution in [1.82, 2.24) is 0 Å². The summed E-state index contributed by atoms with van der Waals surface area (Å²) in [6.45, 7) is 1.57. The van der Waals surface area contributed by atoms with Gasteiger partial charge in [-0.3, -0.25) is 4.79 Å². The topological polar surface area (TPSA) is 50.1 Å². The highest BCUT2D eigenvalue weighted by Gasteiger charge is 2.48. The molecule has 3 rings (SSSR count). The van der Waals surface area contributed by atoms with Gasteiger partial charge in [-0.2, -0.15) is 14.0 Å². The molecule has 116 valence electrons. The highest BCUT2D eigenvalue weighted by atomic mass is 19.3. The molecule has 1 aliphatic rings. The molecule has 0 fully saturated rings. The van der Waals surface area contributed by atoms with E-state index in [-0.39, 0.29) is 28.2 Å². The number of nitriles is 1. The van der Waals surface area contributed by atoms with Crippen LogP contribution >= 0.6 is 0 Å². The van der Waals surface area contributed by atoms with Crippen LogP contribution in [-0.4, -0.2) is 11.7 Å². The van der Waals surface area contributed by atoms with E-state index in [9.17, 15) is 18.0 Å². The van der Waals surface area contributed by atoms with Crippen molar-refractivity contribution >= 4 is 5.78 Å². The molecule has 0 unspecified atom stereocenters. The number of ketones is 1. The van der Waals surface area contributed by atoms with E-state index in [4.69, 9.17) is 10.00 Å². The molecule has 3 nitrogen and oxygen atoms in total. The van der Waals surface area contributed by atoms with Crippen LogP contribution in [0.15, 0.2) is 30.3 Å². The molecular formula is C17H10F3NO2. The van der Waals surface area contributed by atoms with Crippen LogP contribution in [0.3, 0.4) is 0 Å². The summed E-state index contributed by atoms with van der Waals surface area (Å²) < 4.78 is 46.3. The first-order valence-electron chi connectivity index (χ1n) is 6.75. The number of hydrogen-bond acceptors (Lipinski definition) is 3. The van der Waals surface area contributed by atoms with Crippen molar-refractivity contribution in [3.8, 4) is 17.6 Å². The third kappa shape index (κ3) is 2.55. The van der Waals surface area contributed by atoms with Gasteiger partial charge in [-0.05, 0) is 30.7 Å². The zero-order valence-corrected chi connectivity index (χ0v) is 12.0. The largest absolute Gasteiger partial charge is 0.457 e. The van der Waals surface area contributed by atoms with Gasteiger partial charge < -0.3 is 4.74 Å². The lowest BCUT2D eigenvalue weighted by Crippen LogP contribution is -2.24. The van der Waals surface area contributed by atoms with Gasteiger partial charge >= 0.3 is 5.92 Å². The van der Waals surface area contributed by atoms with Crippen molar-refractivity contribution in [2.45, 2.75) is 19.3 Å². The Labute approximate surface area is 129 Å². The van der Waals surface area contributed by atoms with Gasteiger partial charge in [0.25, 0.3) is 0 Å². The summed E-state index contributed by atoms with van der Waals surface area (Å²) >= 11 is 0. The zero-order chi connectivity index (χ0) is 16.8. The lowest BCUT2D eigenvalue weighted by molar-refractivity contribution is 0.0166. The average Bonchev–Trinajstić information content (AvgIpc) is 2.73. The number of carbonyl (C=O) groups excluding carboxylic acids is 1. The van der Waals surface area contributed by atoms with Crippen LogP contribution < -0.4 is 4.74 Å². The SMILES string of the molecule is Cc1ccc(Oc2cc(F)cc(C#N)c2)c2c1C(=O)C(F)(F)C2. The molecule has 0 radical (unpaired) electrons. The molecule has 23 heavy (non-hydrogen) atoms. The molecule has 2 aromatic rings. The Kier molecular flexibility index (Phi) is 3.37. The van der Waals surface area contributed by atoms with Crippen LogP contribution in [0.1, 0.15) is 27.0 Å². The van der Waals surface area contributed by atoms with Gasteiger partial charge in [0.15, 0.2) is 0 Å². The minimum Gasteiger partial charge on any atom is -0.457 e. The van der Waals surface area contributed by atoms with E-state index in [0.29, 0.717) is 5.56 Å². The average molecular weight is 317 g/mol. The predicted octanol–water partition coefficient (Wildman–Crippen LogP) is 4.17. The number of alkyl halides is 2. The fourth-order valence-corrected chi connectivity index (χ4v) is 2.63. The van der Waals surface area contributed by atoms with Crippen molar-refractivity contribution in [1.29, 1.82) is 5.26 Å². The Morgan fingerprint density at radius 2 is 2.00 bits per heavy atom. The number of rotatable bonds is 2. The molecular weight excluding hydrogens is 307 g/mol. The maximum Gasteiger partial charge on any atom is 0.313 e. The minimum atomic E-state index is -3.47. The molecule has 0 heterocycles. The lowest BCUT2D eigenvalue weighted by Gasteiger charge is -2.11. The summed E-state index contributed by atoms with van der Waals surface area (Å²) in [5.41, 5.74) is 0.531. The van der Waals surface area contributed by atoms with Gasteiger partial charge in [0.1, 0.15) is 17.3 Å². The van der Waals surface area contributed by atoms with Crippen LogP contribution in [0.2, 0.25) is 0 Å². The molecule has 0 spiro atoms. The minimum absolute atomic E-state index is 0.00951. The summed E-state index contributed by atoms with van der Waals surface area (Å²) in [5.74, 6) is -5.30. The summed E-state index contributed by atoms with van der Waals surface area (Å²) in [4.78, 5) is 11.8. The van der Waals surface area contributed by atoms with Gasteiger partial charge in [-0.15, -0.1) is 0 Å². The van der Waals surface area contributed by atoms with Crippen LogP contribution in [0, 0.1) is 24.1 Å². The quantitative estimate of drug-likeness (QED) is 0.835. The molecule has 0 amide bonds. The third-order valence-electron chi connectivity index (χ3n) is 3.66. The van der Waals surface area contributed by atoms with E-state index in [1.54, 1.807) is 13.0 Å². The van der Waals surface area contributed by atoms with Crippen molar-refractivity contribution in [2.75, 3.05) is 0 Å². The van der Waals surface area contributed by atoms with E-state index >= 15 is 0 Å². The number of aryl methyl sites for hydroxylation is 1. The molecule has 0 bridgehead atoms. The van der Waals surface area contributed by atoms with Crippen LogP contribution in [0.5, 0.6) is 11.5 Å². The van der Waals surface area contributed by atoms with Crippen LogP contribution in [0.25, 0.3) is 0 Å². The first-order valence-corrected chi connectivity index (χ1v) is 6.75. The Morgan fingerprint density at radius 3 is 2.70 bits per heavy atom. The molecule has 0 aliphatic heterocycles. The van der Waals surface area contributed by atoms with E-state index < -0.39 is 23.9 Å². The Morgan fingerprint density at radius 1 is 1.26 bits per heavy atom. The second kappa shape index (κ2) is 5.13. The standard InChI is InChI=1S/C17H10F3NO2/c1-9-2-3-14(13-7-17(19,20)16(22)15(9)13)23-12-5-10(8-21)4-11(18)6-12/h2-6H,7H2,1H3. The van der Waals surface area contributed by atoms with Gasteiger partial charge in [0, 0.05) is 23.6 Å². The zero-order valence-electron chi connectivity index (χ0n) is 12.0. The Balaban J connectivity index is 2.06. The molecule has 2 aromatic carbocycles. The third-order valence-corrected chi connectivity index (χ3v) is 3.66. The Hall–Kier alpha value is -2.81. The van der Waals surface area contributed by atoms with Crippen molar-refractivity contribution in [2.24, 2.45) is 0 Å². The second-order valence-electron chi connectivity index (χ2n) is 5.33. The summed E-state index contributed by atoms with van der Waals surface area (Å²) in [6, 6.07) is 8.11. The molecule has 0 saturated heterocycles. The maximum atomic E-state index is 13.7. The summed E-state index contributed by atoms with van der Waals surface area (Å²) in [7, 11) is 0. The van der Waals surface area contributed by atoms with Gasteiger partial charge in [0.05, 0.1) is 11.6 Å². The van der Waals surface area contributed by atoms with Gasteiger partial charge in [0.2, 0.25) is 5.78 Å². The first kappa shape index (κ1) is 15.1. The molecule has 0 saturated carbocycles. The van der Waals surface area contributed by atoms with E-state index in [2.05, 4.69) is 0 Å². The summed E-state index contributed by atoms with van der Waals surface area (Å²) in [6.07, 6.45) is -0.751. The van der Waals surface area contributed by atoms with Gasteiger partial charge in [-0.25, -0.2) is 4.39 Å². The fraction of sp³-hybridized carbons (Fsp3) is 0.176. The van der Waals surface area contributed by atoms with Gasteiger partial charge in [-0.1, -0.05) is 6.07 Å². The molecule has 0 aromatic heterocycles. The maximum absolute atomic E-state index is 13.7. The number of benzene rings is 2. The highest BCUT2D eigenvalue weighted by Crippen LogP contribution is 2.42. The fourth-order valence-electron chi connectivity index (χ4n) is 2.63. The highest BCUT2D eigenvalue weighted by molar-refractivity contribution is 6.07. The van der Waals surface area contributed by atoms with Crippen LogP contribution in [0.4, 0.5) is 13.2 Å². The second-order valence-corrected chi connectivity index (χ2v) is 5.33. The molecule has 6 heteroatoms. The number of fused-ring (bicyclic) bond motifs is 1. The number of Topliss-reactive ketones (excluding diaryl/α,β-unsaturated/α-hetero) is 1. The van der Waals surface area contributed by atoms with Crippen molar-refractivity contribution in [3.05, 3.63) is 58.4 Å². The van der Waals surface area contributed by atoms with Crippen molar-refractivity contribution < 1.29 is 22.7 Å².